The van der Waals surface area contributed by atoms with Crippen LogP contribution < -0.4 is 14.5 Å². The second-order valence-corrected chi connectivity index (χ2v) is 8.87. The molecule has 0 saturated carbocycles. The zero-order chi connectivity index (χ0) is 24.5. The predicted molar refractivity (Wildman–Crippen MR) is 132 cm³/mol. The number of hydrogen-bond acceptors (Lipinski definition) is 9. The first kappa shape index (κ1) is 23.3. The average molecular weight is 480 g/mol. The van der Waals surface area contributed by atoms with E-state index in [-0.39, 0.29) is 23.4 Å². The Balaban J connectivity index is 1.64. The minimum atomic E-state index is -1.04. The number of aromatic nitrogens is 3. The Hall–Kier alpha value is -3.50. The summed E-state index contributed by atoms with van der Waals surface area (Å²) < 4.78 is 16.6. The molecule has 0 bridgehead atoms. The Morgan fingerprint density at radius 1 is 1.00 bits per heavy atom. The van der Waals surface area contributed by atoms with Crippen LogP contribution in [0.3, 0.4) is 0 Å². The van der Waals surface area contributed by atoms with Crippen molar-refractivity contribution in [1.29, 1.82) is 0 Å². The van der Waals surface area contributed by atoms with E-state index >= 15 is 0 Å². The molecule has 184 valence electrons. The van der Waals surface area contributed by atoms with Gasteiger partial charge < -0.3 is 29.1 Å². The van der Waals surface area contributed by atoms with E-state index in [1.54, 1.807) is 12.1 Å². The maximum absolute atomic E-state index is 11.5. The van der Waals surface area contributed by atoms with Gasteiger partial charge in [0.15, 0.2) is 5.65 Å². The van der Waals surface area contributed by atoms with Crippen LogP contribution in [-0.4, -0.2) is 84.7 Å². The van der Waals surface area contributed by atoms with Crippen LogP contribution in [0.25, 0.3) is 22.3 Å². The van der Waals surface area contributed by atoms with E-state index < -0.39 is 5.97 Å². The summed E-state index contributed by atoms with van der Waals surface area (Å²) in [6.45, 7) is 8.19. The van der Waals surface area contributed by atoms with Crippen molar-refractivity contribution in [3.05, 3.63) is 35.9 Å². The van der Waals surface area contributed by atoms with Crippen LogP contribution in [0.5, 0.6) is 5.75 Å². The third kappa shape index (κ3) is 4.46. The van der Waals surface area contributed by atoms with Gasteiger partial charge in [0, 0.05) is 18.7 Å². The maximum Gasteiger partial charge on any atom is 0.339 e. The fourth-order valence-corrected chi connectivity index (χ4v) is 4.58. The highest BCUT2D eigenvalue weighted by Crippen LogP contribution is 2.32. The molecule has 1 aromatic carbocycles. The monoisotopic (exact) mass is 479 g/mol. The number of nitrogens with zero attached hydrogens (tertiary/aromatic N) is 5. The lowest BCUT2D eigenvalue weighted by molar-refractivity contribution is 0.0693. The molecular weight excluding hydrogens is 450 g/mol. The molecule has 1 N–H and O–H groups in total. The fraction of sp³-hybridized carbons (Fsp3) is 0.440. The summed E-state index contributed by atoms with van der Waals surface area (Å²) in [6, 6.07) is 9.17. The van der Waals surface area contributed by atoms with Crippen molar-refractivity contribution >= 4 is 28.8 Å². The van der Waals surface area contributed by atoms with Gasteiger partial charge in [-0.05, 0) is 38.1 Å². The molecule has 0 spiro atoms. The highest BCUT2D eigenvalue weighted by atomic mass is 16.5. The molecule has 0 amide bonds. The van der Waals surface area contributed by atoms with Crippen molar-refractivity contribution in [1.82, 2.24) is 15.0 Å². The molecule has 2 aliphatic rings. The second kappa shape index (κ2) is 9.63. The van der Waals surface area contributed by atoms with Gasteiger partial charge in [-0.15, -0.1) is 0 Å². The number of morpholine rings is 2. The summed E-state index contributed by atoms with van der Waals surface area (Å²) in [4.78, 5) is 30.7. The Kier molecular flexibility index (Phi) is 6.40. The minimum absolute atomic E-state index is 0.103. The van der Waals surface area contributed by atoms with Crippen molar-refractivity contribution in [2.45, 2.75) is 25.9 Å². The van der Waals surface area contributed by atoms with Crippen LogP contribution in [0.2, 0.25) is 0 Å². The zero-order valence-corrected chi connectivity index (χ0v) is 20.1. The molecule has 5 rings (SSSR count). The number of fused-ring (bicyclic) bond motifs is 1. The number of anilines is 2. The number of aromatic carboxylic acids is 1. The number of pyridine rings is 1. The van der Waals surface area contributed by atoms with Crippen molar-refractivity contribution in [2.24, 2.45) is 0 Å². The van der Waals surface area contributed by atoms with Crippen molar-refractivity contribution < 1.29 is 24.1 Å². The lowest BCUT2D eigenvalue weighted by Crippen LogP contribution is -2.46. The molecule has 2 saturated heterocycles. The molecule has 2 atom stereocenters. The number of carboxylic acids is 1. The van der Waals surface area contributed by atoms with Crippen molar-refractivity contribution in [2.75, 3.05) is 56.4 Å². The summed E-state index contributed by atoms with van der Waals surface area (Å²) in [5.41, 5.74) is 2.11. The topological polar surface area (TPSA) is 110 Å². The van der Waals surface area contributed by atoms with Crippen molar-refractivity contribution in [3.8, 4) is 17.0 Å². The van der Waals surface area contributed by atoms with Crippen LogP contribution in [0.1, 0.15) is 24.2 Å². The van der Waals surface area contributed by atoms with Gasteiger partial charge in [0.1, 0.15) is 17.1 Å². The number of carboxylic acid groups (broad SMARTS) is 1. The van der Waals surface area contributed by atoms with E-state index in [1.807, 2.05) is 12.1 Å². The number of hydrogen-bond donors (Lipinski definition) is 1. The Bertz CT molecular complexity index is 1250. The standard InChI is InChI=1S/C25H29N5O5/c1-15-13-34-10-8-29(15)23-19-6-7-20(17-4-5-18(24(31)32)21(12-17)33-3)26-22(19)27-25(28-23)30-9-11-35-14-16(30)2/h4-7,12,15-16H,8-11,13-14H2,1-3H3,(H,31,32). The first-order valence-corrected chi connectivity index (χ1v) is 11.8. The summed E-state index contributed by atoms with van der Waals surface area (Å²) in [5.74, 6) is 0.717. The number of carbonyl (C=O) groups is 1. The smallest absolute Gasteiger partial charge is 0.339 e. The number of benzene rings is 1. The summed E-state index contributed by atoms with van der Waals surface area (Å²) in [5, 5.41) is 10.3. The van der Waals surface area contributed by atoms with Crippen LogP contribution >= 0.6 is 0 Å². The van der Waals surface area contributed by atoms with E-state index in [2.05, 4.69) is 23.6 Å². The van der Waals surface area contributed by atoms with Gasteiger partial charge >= 0.3 is 5.97 Å². The van der Waals surface area contributed by atoms with Crippen LogP contribution in [-0.2, 0) is 9.47 Å². The molecule has 2 unspecified atom stereocenters. The maximum atomic E-state index is 11.5. The largest absolute Gasteiger partial charge is 0.496 e. The van der Waals surface area contributed by atoms with E-state index in [1.165, 1.54) is 13.2 Å². The number of rotatable bonds is 5. The van der Waals surface area contributed by atoms with Crippen LogP contribution in [0.15, 0.2) is 30.3 Å². The Labute approximate surface area is 203 Å². The zero-order valence-electron chi connectivity index (χ0n) is 20.1. The summed E-state index contributed by atoms with van der Waals surface area (Å²) in [6.07, 6.45) is 0. The molecular formula is C25H29N5O5. The normalized spacial score (nSPS) is 20.8. The van der Waals surface area contributed by atoms with Gasteiger partial charge in [-0.3, -0.25) is 0 Å². The average Bonchev–Trinajstić information content (AvgIpc) is 2.88. The highest BCUT2D eigenvalue weighted by molar-refractivity contribution is 5.93. The molecule has 3 aromatic rings. The van der Waals surface area contributed by atoms with Gasteiger partial charge in [-0.25, -0.2) is 9.78 Å². The molecule has 10 nitrogen and oxygen atoms in total. The Morgan fingerprint density at radius 2 is 1.71 bits per heavy atom. The lowest BCUT2D eigenvalue weighted by atomic mass is 10.1. The number of methoxy groups -OCH3 is 1. The summed E-state index contributed by atoms with van der Waals surface area (Å²) >= 11 is 0. The van der Waals surface area contributed by atoms with E-state index in [9.17, 15) is 9.90 Å². The molecule has 0 aliphatic carbocycles. The SMILES string of the molecule is COc1cc(-c2ccc3c(N4CCOCC4C)nc(N4CCOCC4C)nc3n2)ccc1C(=O)O. The molecule has 2 aliphatic heterocycles. The van der Waals surface area contributed by atoms with Gasteiger partial charge in [0.2, 0.25) is 5.95 Å². The van der Waals surface area contributed by atoms with Gasteiger partial charge in [-0.1, -0.05) is 6.07 Å². The molecule has 2 fully saturated rings. The van der Waals surface area contributed by atoms with E-state index in [0.29, 0.717) is 50.3 Å². The van der Waals surface area contributed by atoms with Crippen molar-refractivity contribution in [3.63, 3.8) is 0 Å². The van der Waals surface area contributed by atoms with Gasteiger partial charge in [0.25, 0.3) is 0 Å². The van der Waals surface area contributed by atoms with Gasteiger partial charge in [-0.2, -0.15) is 9.97 Å². The van der Waals surface area contributed by atoms with E-state index in [0.717, 1.165) is 23.3 Å². The third-order valence-electron chi connectivity index (χ3n) is 6.52. The number of ether oxygens (including phenoxy) is 3. The molecule has 35 heavy (non-hydrogen) atoms. The first-order valence-electron chi connectivity index (χ1n) is 11.8. The van der Waals surface area contributed by atoms with Gasteiger partial charge in [0.05, 0.1) is 56.7 Å². The second-order valence-electron chi connectivity index (χ2n) is 8.87. The predicted octanol–water partition coefficient (Wildman–Crippen LogP) is 2.85. The molecule has 2 aromatic heterocycles. The quantitative estimate of drug-likeness (QED) is 0.586. The van der Waals surface area contributed by atoms with E-state index in [4.69, 9.17) is 29.2 Å². The first-order chi connectivity index (χ1) is 17.0. The third-order valence-corrected chi connectivity index (χ3v) is 6.52. The minimum Gasteiger partial charge on any atom is -0.496 e. The van der Waals surface area contributed by atoms with Crippen LogP contribution in [0.4, 0.5) is 11.8 Å². The fourth-order valence-electron chi connectivity index (χ4n) is 4.58. The molecule has 0 radical (unpaired) electrons. The summed E-state index contributed by atoms with van der Waals surface area (Å²) in [7, 11) is 1.46. The lowest BCUT2D eigenvalue weighted by Gasteiger charge is -2.37. The molecule has 4 heterocycles. The molecule has 10 heteroatoms. The van der Waals surface area contributed by atoms with Crippen LogP contribution in [0, 0.1) is 0 Å². The Morgan fingerprint density at radius 3 is 2.37 bits per heavy atom. The highest BCUT2D eigenvalue weighted by Gasteiger charge is 2.27.